The monoisotopic (exact) mass is 562 g/mol. The van der Waals surface area contributed by atoms with E-state index in [1.807, 2.05) is 0 Å². The maximum Gasteiger partial charge on any atom is 0.316 e. The van der Waals surface area contributed by atoms with Crippen LogP contribution in [0.5, 0.6) is 0 Å². The third kappa shape index (κ3) is 7.01. The second-order valence-corrected chi connectivity index (χ2v) is 9.81. The molecule has 1 heterocycles. The van der Waals surface area contributed by atoms with Gasteiger partial charge in [0.1, 0.15) is 16.3 Å². The predicted molar refractivity (Wildman–Crippen MR) is 123 cm³/mol. The van der Waals surface area contributed by atoms with Gasteiger partial charge < -0.3 is 16.4 Å². The van der Waals surface area contributed by atoms with E-state index in [0.717, 1.165) is 12.1 Å². The number of nitrogens with one attached hydrogen (secondary N) is 2. The molecule has 0 spiro atoms. The van der Waals surface area contributed by atoms with Crippen molar-refractivity contribution < 1.29 is 30.7 Å². The van der Waals surface area contributed by atoms with E-state index < -0.39 is 41.7 Å². The second-order valence-electron chi connectivity index (χ2n) is 6.32. The average Bonchev–Trinajstić information content (AvgIpc) is 2.70. The van der Waals surface area contributed by atoms with Crippen LogP contribution in [0.2, 0.25) is 10.6 Å². The maximum atomic E-state index is 11.7. The van der Waals surface area contributed by atoms with E-state index in [1.165, 1.54) is 18.2 Å². The summed E-state index contributed by atoms with van der Waals surface area (Å²) in [5.74, 6) is -0.0221. The Bertz CT molecular complexity index is 1550. The largest absolute Gasteiger partial charge is 0.351 e. The van der Waals surface area contributed by atoms with Crippen molar-refractivity contribution in [1.82, 2.24) is 15.0 Å². The highest BCUT2D eigenvalue weighted by molar-refractivity contribution is 7.86. The van der Waals surface area contributed by atoms with E-state index in [1.54, 1.807) is 0 Å². The van der Waals surface area contributed by atoms with E-state index >= 15 is 0 Å². The van der Waals surface area contributed by atoms with Crippen LogP contribution < -0.4 is 16.4 Å². The zero-order valence-electron chi connectivity index (χ0n) is 16.8. The van der Waals surface area contributed by atoms with Crippen LogP contribution in [-0.2, 0) is 20.2 Å². The number of urea groups is 1. The molecular weight excluding hydrogens is 551 g/mol. The molecule has 0 saturated heterocycles. The summed E-state index contributed by atoms with van der Waals surface area (Å²) in [6.45, 7) is 0. The van der Waals surface area contributed by atoms with Gasteiger partial charge in [-0.05, 0) is 59.6 Å². The molecule has 19 heteroatoms. The maximum absolute atomic E-state index is 11.7. The number of amides is 2. The highest BCUT2D eigenvalue weighted by Crippen LogP contribution is 2.33. The van der Waals surface area contributed by atoms with Gasteiger partial charge in [-0.1, -0.05) is 0 Å². The van der Waals surface area contributed by atoms with Crippen molar-refractivity contribution in [3.8, 4) is 0 Å². The second kappa shape index (κ2) is 10.0. The summed E-state index contributed by atoms with van der Waals surface area (Å²) < 4.78 is 64.5. The number of hydrogen-bond acceptors (Lipinski definition) is 11. The topological polar surface area (TPSA) is 239 Å². The van der Waals surface area contributed by atoms with E-state index in [0.29, 0.717) is 11.8 Å². The normalized spacial score (nSPS) is 12.0. The fourth-order valence-corrected chi connectivity index (χ4v) is 4.09. The third-order valence-corrected chi connectivity index (χ3v) is 5.93. The molecule has 0 bridgehead atoms. The molecule has 0 radical (unpaired) electrons. The molecule has 3 aromatic rings. The lowest BCUT2D eigenvalue weighted by atomic mass is 10.2. The number of primary amides is 1. The lowest BCUT2D eigenvalue weighted by molar-refractivity contribution is 0.259. The fraction of sp³-hybridized carbons (Fsp3) is 0. The molecule has 1 aromatic heterocycles. The first kappa shape index (κ1) is 26.1. The lowest BCUT2D eigenvalue weighted by Gasteiger charge is -2.10. The molecule has 2 aromatic carbocycles. The Labute approximate surface area is 206 Å². The molecule has 0 aliphatic rings. The van der Waals surface area contributed by atoms with Gasteiger partial charge in [0.2, 0.25) is 16.5 Å². The summed E-state index contributed by atoms with van der Waals surface area (Å²) in [4.78, 5) is 20.9. The molecule has 0 aliphatic carbocycles. The van der Waals surface area contributed by atoms with Gasteiger partial charge in [0.05, 0.1) is 10.6 Å². The zero-order chi connectivity index (χ0) is 26.0. The van der Waals surface area contributed by atoms with Gasteiger partial charge in [0.25, 0.3) is 20.2 Å². The van der Waals surface area contributed by atoms with Crippen LogP contribution in [0.15, 0.2) is 56.4 Å². The van der Waals surface area contributed by atoms with E-state index in [4.69, 9.17) is 33.5 Å². The Morgan fingerprint density at radius 2 is 1.49 bits per heavy atom. The number of halogens is 2. The van der Waals surface area contributed by atoms with Crippen LogP contribution in [0, 0.1) is 0 Å². The number of nitrogens with two attached hydrogens (primary N) is 1. The van der Waals surface area contributed by atoms with Gasteiger partial charge in [-0.3, -0.25) is 9.11 Å². The van der Waals surface area contributed by atoms with Crippen molar-refractivity contribution >= 4 is 78.2 Å². The Balaban J connectivity index is 2.02. The van der Waals surface area contributed by atoms with Crippen molar-refractivity contribution in [3.63, 3.8) is 0 Å². The summed E-state index contributed by atoms with van der Waals surface area (Å²) in [5.41, 5.74) is 4.99. The van der Waals surface area contributed by atoms with Crippen LogP contribution in [0.3, 0.4) is 0 Å². The third-order valence-electron chi connectivity index (χ3n) is 3.86. The number of azo groups is 1. The minimum Gasteiger partial charge on any atom is -0.351 e. The molecule has 6 N–H and O–H groups in total. The number of aromatic nitrogens is 3. The Hall–Kier alpha value is -3.48. The average molecular weight is 563 g/mol. The van der Waals surface area contributed by atoms with Crippen molar-refractivity contribution in [3.05, 3.63) is 47.0 Å². The molecule has 35 heavy (non-hydrogen) atoms. The molecule has 0 saturated carbocycles. The quantitative estimate of drug-likeness (QED) is 0.206. The zero-order valence-corrected chi connectivity index (χ0v) is 19.9. The molecule has 0 unspecified atom stereocenters. The summed E-state index contributed by atoms with van der Waals surface area (Å²) in [6, 6.07) is 5.38. The molecular formula is C16H12Cl2N8O7S2. The SMILES string of the molecule is NC(=O)Nc1cc(Nc2nc(Cl)nc(Cl)n2)ccc1N=Nc1ccc(S(=O)(=O)O)cc1S(=O)(=O)O. The molecule has 184 valence electrons. The van der Waals surface area contributed by atoms with Crippen molar-refractivity contribution in [1.29, 1.82) is 0 Å². The number of rotatable bonds is 7. The number of benzene rings is 2. The Morgan fingerprint density at radius 1 is 0.886 bits per heavy atom. The smallest absolute Gasteiger partial charge is 0.316 e. The molecule has 3 rings (SSSR count). The molecule has 0 fully saturated rings. The number of hydrogen-bond donors (Lipinski definition) is 5. The van der Waals surface area contributed by atoms with E-state index in [-0.39, 0.29) is 27.9 Å². The fourth-order valence-electron chi connectivity index (χ4n) is 2.50. The number of carbonyl (C=O) groups excluding carboxylic acids is 1. The van der Waals surface area contributed by atoms with Crippen molar-refractivity contribution in [2.24, 2.45) is 16.0 Å². The first-order valence-corrected chi connectivity index (χ1v) is 12.4. The molecule has 0 aliphatic heterocycles. The van der Waals surface area contributed by atoms with Crippen molar-refractivity contribution in [2.45, 2.75) is 9.79 Å². The molecule has 0 atom stereocenters. The standard InChI is InChI=1S/C16H12Cl2N8O7S2/c17-13-22-14(18)24-16(23-13)20-7-1-3-9(11(5-7)21-15(19)27)25-26-10-4-2-8(34(28,29)30)6-12(10)35(31,32)33/h1-6H,(H3,19,21,27)(H,28,29,30)(H,31,32,33)(H,20,22,23,24). The molecule has 15 nitrogen and oxygen atoms in total. The first-order chi connectivity index (χ1) is 16.2. The van der Waals surface area contributed by atoms with Gasteiger partial charge in [0, 0.05) is 5.69 Å². The highest BCUT2D eigenvalue weighted by Gasteiger charge is 2.21. The Morgan fingerprint density at radius 3 is 2.06 bits per heavy atom. The van der Waals surface area contributed by atoms with Crippen LogP contribution in [0.1, 0.15) is 0 Å². The van der Waals surface area contributed by atoms with E-state index in [9.17, 15) is 26.2 Å². The number of anilines is 3. The first-order valence-electron chi connectivity index (χ1n) is 8.78. The summed E-state index contributed by atoms with van der Waals surface area (Å²) in [7, 11) is -9.74. The highest BCUT2D eigenvalue weighted by atomic mass is 35.5. The summed E-state index contributed by atoms with van der Waals surface area (Å²) >= 11 is 11.5. The summed E-state index contributed by atoms with van der Waals surface area (Å²) in [5, 5.41) is 12.2. The minimum absolute atomic E-state index is 0.000428. The van der Waals surface area contributed by atoms with Crippen LogP contribution in [0.4, 0.5) is 33.5 Å². The van der Waals surface area contributed by atoms with Gasteiger partial charge in [0.15, 0.2) is 0 Å². The number of carbonyl (C=O) groups is 1. The van der Waals surface area contributed by atoms with Crippen LogP contribution in [0.25, 0.3) is 0 Å². The minimum atomic E-state index is -4.97. The van der Waals surface area contributed by atoms with Gasteiger partial charge in [-0.2, -0.15) is 31.8 Å². The van der Waals surface area contributed by atoms with Crippen molar-refractivity contribution in [2.75, 3.05) is 10.6 Å². The summed E-state index contributed by atoms with van der Waals surface area (Å²) in [6.07, 6.45) is 0. The van der Waals surface area contributed by atoms with Gasteiger partial charge >= 0.3 is 6.03 Å². The lowest BCUT2D eigenvalue weighted by Crippen LogP contribution is -2.19. The van der Waals surface area contributed by atoms with Gasteiger partial charge in [-0.15, -0.1) is 10.2 Å². The van der Waals surface area contributed by atoms with Gasteiger partial charge in [-0.25, -0.2) is 4.79 Å². The molecule has 2 amide bonds. The number of nitrogens with zero attached hydrogens (tertiary/aromatic N) is 5. The van der Waals surface area contributed by atoms with Crippen LogP contribution >= 0.6 is 23.2 Å². The van der Waals surface area contributed by atoms with Crippen LogP contribution in [-0.4, -0.2) is 46.9 Å². The predicted octanol–water partition coefficient (Wildman–Crippen LogP) is 3.32. The Kier molecular flexibility index (Phi) is 7.48. The van der Waals surface area contributed by atoms with E-state index in [2.05, 4.69) is 35.8 Å².